The molecule has 0 aliphatic heterocycles. The summed E-state index contributed by atoms with van der Waals surface area (Å²) in [5.74, 6) is -0.481. The van der Waals surface area contributed by atoms with Crippen LogP contribution in [0.5, 0.6) is 5.88 Å². The van der Waals surface area contributed by atoms with E-state index in [0.717, 1.165) is 64.2 Å². The molecule has 1 unspecified atom stereocenters. The van der Waals surface area contributed by atoms with Gasteiger partial charge < -0.3 is 24.2 Å². The van der Waals surface area contributed by atoms with E-state index in [1.807, 2.05) is 6.92 Å². The second-order valence-corrected chi connectivity index (χ2v) is 23.1. The standard InChI is InChI=1S/C48H68N2O11S/c1-10-57-42(53)48-27-25-43(3,4)30-34(48)33-16-17-36-45(7)23-21-37(44(5,6)35(45)20-24-47(36,9)46(33,8)26-28-48)60-39(52)19-18-38(51)59-31(2)22-29-58-40-41(50(54)61-49-40)62(55,56)32-14-12-11-13-15-32/h11-16,31,34-37H,10,17-30H2,1-9H3/t31?,34-,35-,36+,37-,45-,46+,47+,48-/m0/s1. The number of benzene rings is 1. The van der Waals surface area contributed by atoms with E-state index in [-0.39, 0.29) is 80.7 Å². The van der Waals surface area contributed by atoms with E-state index in [0.29, 0.717) is 18.4 Å². The molecule has 5 aliphatic rings. The minimum absolute atomic E-state index is 0.00903. The number of fused-ring (bicyclic) bond motifs is 7. The minimum Gasteiger partial charge on any atom is -0.466 e. The highest BCUT2D eigenvalue weighted by Gasteiger charge is 2.69. The summed E-state index contributed by atoms with van der Waals surface area (Å²) in [6, 6.07) is 7.38. The van der Waals surface area contributed by atoms with Gasteiger partial charge in [0.15, 0.2) is 0 Å². The van der Waals surface area contributed by atoms with Crippen molar-refractivity contribution >= 4 is 27.7 Å². The van der Waals surface area contributed by atoms with E-state index in [2.05, 4.69) is 64.3 Å². The van der Waals surface area contributed by atoms with Gasteiger partial charge in [-0.3, -0.25) is 19.0 Å². The first-order valence-electron chi connectivity index (χ1n) is 22.9. The van der Waals surface area contributed by atoms with Crippen molar-refractivity contribution < 1.29 is 51.3 Å². The van der Waals surface area contributed by atoms with Crippen molar-refractivity contribution in [3.05, 3.63) is 47.2 Å². The maximum Gasteiger partial charge on any atom is 0.414 e. The van der Waals surface area contributed by atoms with Gasteiger partial charge in [0.2, 0.25) is 0 Å². The fraction of sp³-hybridized carbons (Fsp3) is 0.729. The molecule has 0 radical (unpaired) electrons. The van der Waals surface area contributed by atoms with Crippen LogP contribution in [-0.2, 0) is 38.4 Å². The van der Waals surface area contributed by atoms with Crippen LogP contribution >= 0.6 is 0 Å². The zero-order valence-electron chi connectivity index (χ0n) is 38.3. The molecule has 0 amide bonds. The maximum atomic E-state index is 13.8. The Morgan fingerprint density at radius 2 is 1.61 bits per heavy atom. The van der Waals surface area contributed by atoms with E-state index in [1.165, 1.54) is 29.8 Å². The highest BCUT2D eigenvalue weighted by atomic mass is 32.2. The van der Waals surface area contributed by atoms with Crippen molar-refractivity contribution in [3.63, 3.8) is 0 Å². The summed E-state index contributed by atoms with van der Waals surface area (Å²) in [7, 11) is -4.27. The van der Waals surface area contributed by atoms with Gasteiger partial charge in [0.1, 0.15) is 12.2 Å². The smallest absolute Gasteiger partial charge is 0.414 e. The molecule has 4 saturated carbocycles. The number of esters is 3. The lowest BCUT2D eigenvalue weighted by atomic mass is 9.33. The van der Waals surface area contributed by atoms with E-state index >= 15 is 0 Å². The van der Waals surface area contributed by atoms with Crippen LogP contribution in [0.1, 0.15) is 146 Å². The Balaban J connectivity index is 0.940. The van der Waals surface area contributed by atoms with E-state index < -0.39 is 44.2 Å². The summed E-state index contributed by atoms with van der Waals surface area (Å²) in [6.07, 6.45) is 11.2. The molecular formula is C48H68N2O11S. The SMILES string of the molecule is CCOC(=O)[C@]12CCC(C)(C)C[C@H]1C1=CC[C@@H]3[C@@]4(C)CC[C@H](OC(=O)CCC(=O)OC(C)CCOc5no[n+]([O-])c5S(=O)(=O)c5ccccc5)C(C)(C)[C@@H]4CC[C@@]3(C)[C@]1(C)CC2. The molecule has 7 rings (SSSR count). The molecule has 1 heterocycles. The number of aromatic nitrogens is 2. The number of hydrogen-bond donors (Lipinski definition) is 0. The molecule has 0 spiro atoms. The molecule has 2 aromatic rings. The largest absolute Gasteiger partial charge is 0.466 e. The first kappa shape index (κ1) is 46.1. The quantitative estimate of drug-likeness (QED) is 0.0810. The lowest BCUT2D eigenvalue weighted by Gasteiger charge is -2.71. The zero-order valence-corrected chi connectivity index (χ0v) is 39.1. The molecule has 5 aliphatic carbocycles. The highest BCUT2D eigenvalue weighted by molar-refractivity contribution is 7.91. The number of carbonyl (C=O) groups excluding carboxylic acids is 3. The third-order valence-electron chi connectivity index (χ3n) is 17.0. The van der Waals surface area contributed by atoms with Gasteiger partial charge in [0.05, 0.1) is 41.5 Å². The van der Waals surface area contributed by atoms with Gasteiger partial charge in [-0.1, -0.05) is 78.3 Å². The molecule has 62 heavy (non-hydrogen) atoms. The summed E-state index contributed by atoms with van der Waals surface area (Å²) >= 11 is 0. The highest BCUT2D eigenvalue weighted by Crippen LogP contribution is 2.76. The summed E-state index contributed by atoms with van der Waals surface area (Å²) in [5, 5.41) is 14.9. The fourth-order valence-corrected chi connectivity index (χ4v) is 14.7. The van der Waals surface area contributed by atoms with Gasteiger partial charge in [-0.05, 0) is 135 Å². The predicted octanol–water partition coefficient (Wildman–Crippen LogP) is 8.90. The first-order chi connectivity index (χ1) is 29.1. The number of nitrogens with zero attached hydrogens (tertiary/aromatic N) is 2. The minimum atomic E-state index is -4.27. The van der Waals surface area contributed by atoms with Crippen LogP contribution < -0.4 is 9.64 Å². The Morgan fingerprint density at radius 1 is 0.919 bits per heavy atom. The number of allylic oxidation sites excluding steroid dienone is 2. The van der Waals surface area contributed by atoms with E-state index in [9.17, 15) is 28.0 Å². The van der Waals surface area contributed by atoms with Crippen molar-refractivity contribution in [3.8, 4) is 5.88 Å². The van der Waals surface area contributed by atoms with Gasteiger partial charge in [0, 0.05) is 11.8 Å². The van der Waals surface area contributed by atoms with Crippen molar-refractivity contribution in [2.24, 2.45) is 50.2 Å². The van der Waals surface area contributed by atoms with Crippen molar-refractivity contribution in [2.75, 3.05) is 13.2 Å². The molecule has 9 atom stereocenters. The Labute approximate surface area is 367 Å². The normalized spacial score (nSPS) is 33.9. The zero-order chi connectivity index (χ0) is 45.1. The molecule has 0 saturated heterocycles. The fourth-order valence-electron chi connectivity index (χ4n) is 13.4. The second-order valence-electron chi connectivity index (χ2n) is 21.2. The van der Waals surface area contributed by atoms with Crippen molar-refractivity contribution in [1.82, 2.24) is 5.16 Å². The first-order valence-corrected chi connectivity index (χ1v) is 24.3. The number of rotatable bonds is 13. The molecule has 0 N–H and O–H groups in total. The van der Waals surface area contributed by atoms with Gasteiger partial charge >= 0.3 is 28.8 Å². The topological polar surface area (TPSA) is 175 Å². The Hall–Kier alpha value is -3.94. The number of sulfone groups is 1. The van der Waals surface area contributed by atoms with Gasteiger partial charge in [-0.25, -0.2) is 8.42 Å². The average molecular weight is 881 g/mol. The molecule has 14 heteroatoms. The van der Waals surface area contributed by atoms with Crippen LogP contribution in [0.2, 0.25) is 0 Å². The van der Waals surface area contributed by atoms with Crippen LogP contribution in [0.15, 0.2) is 56.5 Å². The lowest BCUT2D eigenvalue weighted by molar-refractivity contribution is -0.832. The summed E-state index contributed by atoms with van der Waals surface area (Å²) in [6.45, 7) is 20.7. The van der Waals surface area contributed by atoms with Crippen LogP contribution in [0.3, 0.4) is 0 Å². The Morgan fingerprint density at radius 3 is 2.32 bits per heavy atom. The second kappa shape index (κ2) is 16.6. The monoisotopic (exact) mass is 880 g/mol. The van der Waals surface area contributed by atoms with Gasteiger partial charge in [0.25, 0.3) is 9.84 Å². The molecule has 4 fully saturated rings. The van der Waals surface area contributed by atoms with Crippen LogP contribution in [0, 0.1) is 55.5 Å². The Bertz CT molecular complexity index is 2170. The number of carbonyl (C=O) groups is 3. The molecule has 0 bridgehead atoms. The molecule has 1 aromatic carbocycles. The van der Waals surface area contributed by atoms with Crippen LogP contribution in [0.4, 0.5) is 0 Å². The van der Waals surface area contributed by atoms with Crippen LogP contribution in [-0.4, -0.2) is 56.9 Å². The average Bonchev–Trinajstić information content (AvgIpc) is 3.59. The van der Waals surface area contributed by atoms with E-state index in [4.69, 9.17) is 18.9 Å². The van der Waals surface area contributed by atoms with Crippen LogP contribution in [0.25, 0.3) is 0 Å². The number of ether oxygens (including phenoxy) is 4. The third kappa shape index (κ3) is 7.75. The van der Waals surface area contributed by atoms with E-state index in [1.54, 1.807) is 13.0 Å². The predicted molar refractivity (Wildman–Crippen MR) is 228 cm³/mol. The maximum absolute atomic E-state index is 13.8. The third-order valence-corrected chi connectivity index (χ3v) is 18.7. The summed E-state index contributed by atoms with van der Waals surface area (Å²) in [5.41, 5.74) is 1.07. The molecule has 13 nitrogen and oxygen atoms in total. The summed E-state index contributed by atoms with van der Waals surface area (Å²) < 4.78 is 53.6. The van der Waals surface area contributed by atoms with Gasteiger partial charge in [-0.2, -0.15) is 0 Å². The lowest BCUT2D eigenvalue weighted by Crippen LogP contribution is -2.65. The van der Waals surface area contributed by atoms with Crippen molar-refractivity contribution in [1.29, 1.82) is 0 Å². The summed E-state index contributed by atoms with van der Waals surface area (Å²) in [4.78, 5) is 39.7. The Kier molecular flexibility index (Phi) is 12.3. The molecule has 342 valence electrons. The molecular weight excluding hydrogens is 813 g/mol. The van der Waals surface area contributed by atoms with Crippen molar-refractivity contribution in [2.45, 2.75) is 168 Å². The van der Waals surface area contributed by atoms with Gasteiger partial charge in [-0.15, -0.1) is 0 Å². The molecule has 1 aromatic heterocycles. The number of hydrogen-bond acceptors (Lipinski definition) is 12.